The second-order valence-corrected chi connectivity index (χ2v) is 5.90. The van der Waals surface area contributed by atoms with Crippen LogP contribution in [0.1, 0.15) is 59.3 Å². The van der Waals surface area contributed by atoms with Gasteiger partial charge in [-0.05, 0) is 38.6 Å². The minimum absolute atomic E-state index is 0.698. The van der Waals surface area contributed by atoms with E-state index in [9.17, 15) is 0 Å². The number of rotatable bonds is 8. The van der Waals surface area contributed by atoms with Gasteiger partial charge >= 0.3 is 0 Å². The van der Waals surface area contributed by atoms with E-state index in [1.807, 2.05) is 0 Å². The average Bonchev–Trinajstić information content (AvgIpc) is 2.29. The Balaban J connectivity index is 1.98. The van der Waals surface area contributed by atoms with E-state index < -0.39 is 0 Å². The van der Waals surface area contributed by atoms with Gasteiger partial charge in [-0.3, -0.25) is 0 Å². The van der Waals surface area contributed by atoms with Crippen LogP contribution < -0.4 is 5.32 Å². The van der Waals surface area contributed by atoms with Crippen molar-refractivity contribution in [3.63, 3.8) is 0 Å². The summed E-state index contributed by atoms with van der Waals surface area (Å²) in [6.07, 6.45) is 8.26. The molecular weight excluding hydrogens is 208 g/mol. The van der Waals surface area contributed by atoms with Gasteiger partial charge in [-0.25, -0.2) is 0 Å². The van der Waals surface area contributed by atoms with Gasteiger partial charge in [-0.1, -0.05) is 33.1 Å². The summed E-state index contributed by atoms with van der Waals surface area (Å²) in [6.45, 7) is 12.0. The molecule has 0 amide bonds. The van der Waals surface area contributed by atoms with Crippen molar-refractivity contribution >= 4 is 0 Å². The number of hydrogen-bond acceptors (Lipinski definition) is 2. The Hall–Kier alpha value is -0.0800. The second kappa shape index (κ2) is 8.93. The molecule has 0 aromatic heterocycles. The van der Waals surface area contributed by atoms with Crippen molar-refractivity contribution in [1.29, 1.82) is 0 Å². The van der Waals surface area contributed by atoms with Crippen LogP contribution in [0.15, 0.2) is 0 Å². The average molecular weight is 240 g/mol. The van der Waals surface area contributed by atoms with E-state index >= 15 is 0 Å². The van der Waals surface area contributed by atoms with Crippen LogP contribution in [0.2, 0.25) is 0 Å². The molecule has 2 heteroatoms. The van der Waals surface area contributed by atoms with Crippen LogP contribution in [0.25, 0.3) is 0 Å². The summed E-state index contributed by atoms with van der Waals surface area (Å²) in [7, 11) is 0. The fourth-order valence-corrected chi connectivity index (χ4v) is 2.76. The molecule has 2 nitrogen and oxygen atoms in total. The topological polar surface area (TPSA) is 15.3 Å². The number of hydrogen-bond donors (Lipinski definition) is 1. The lowest BCUT2D eigenvalue weighted by molar-refractivity contribution is 0.183. The van der Waals surface area contributed by atoms with Crippen molar-refractivity contribution in [2.45, 2.75) is 65.3 Å². The van der Waals surface area contributed by atoms with E-state index in [2.05, 4.69) is 31.0 Å². The number of piperidine rings is 1. The van der Waals surface area contributed by atoms with Crippen molar-refractivity contribution in [1.82, 2.24) is 10.2 Å². The van der Waals surface area contributed by atoms with E-state index in [0.29, 0.717) is 6.04 Å². The van der Waals surface area contributed by atoms with Crippen molar-refractivity contribution in [3.05, 3.63) is 0 Å². The third kappa shape index (κ3) is 7.05. The zero-order valence-electron chi connectivity index (χ0n) is 12.2. The van der Waals surface area contributed by atoms with Crippen LogP contribution in [0.4, 0.5) is 0 Å². The first kappa shape index (κ1) is 15.0. The zero-order chi connectivity index (χ0) is 12.5. The summed E-state index contributed by atoms with van der Waals surface area (Å²) in [5.41, 5.74) is 0. The molecule has 2 atom stereocenters. The zero-order valence-corrected chi connectivity index (χ0v) is 12.2. The van der Waals surface area contributed by atoms with E-state index in [0.717, 1.165) is 5.92 Å². The molecule has 0 spiro atoms. The lowest BCUT2D eigenvalue weighted by Crippen LogP contribution is -2.40. The van der Waals surface area contributed by atoms with E-state index in [4.69, 9.17) is 0 Å². The molecule has 1 aliphatic rings. The number of likely N-dealkylation sites (tertiary alicyclic amines) is 1. The SMILES string of the molecule is CCCCCC(C)NCCN1CCCC(C)C1. The van der Waals surface area contributed by atoms with Gasteiger partial charge in [0.2, 0.25) is 0 Å². The Morgan fingerprint density at radius 1 is 1.35 bits per heavy atom. The van der Waals surface area contributed by atoms with Crippen LogP contribution in [0, 0.1) is 5.92 Å². The molecule has 1 heterocycles. The molecule has 1 rings (SSSR count). The van der Waals surface area contributed by atoms with E-state index in [1.165, 1.54) is 64.7 Å². The molecule has 1 N–H and O–H groups in total. The van der Waals surface area contributed by atoms with Gasteiger partial charge in [0.15, 0.2) is 0 Å². The van der Waals surface area contributed by atoms with Gasteiger partial charge in [0.05, 0.1) is 0 Å². The quantitative estimate of drug-likeness (QED) is 0.655. The maximum absolute atomic E-state index is 3.66. The molecule has 2 unspecified atom stereocenters. The first-order valence-corrected chi connectivity index (χ1v) is 7.68. The molecule has 1 saturated heterocycles. The lowest BCUT2D eigenvalue weighted by atomic mass is 10.0. The Morgan fingerprint density at radius 2 is 2.18 bits per heavy atom. The number of nitrogens with one attached hydrogen (secondary N) is 1. The summed E-state index contributed by atoms with van der Waals surface area (Å²) in [5.74, 6) is 0.908. The van der Waals surface area contributed by atoms with Gasteiger partial charge < -0.3 is 10.2 Å². The molecule has 102 valence electrons. The molecule has 0 aliphatic carbocycles. The predicted octanol–water partition coefficient (Wildman–Crippen LogP) is 3.28. The maximum atomic E-state index is 3.66. The number of nitrogens with zero attached hydrogens (tertiary/aromatic N) is 1. The smallest absolute Gasteiger partial charge is 0.0107 e. The lowest BCUT2D eigenvalue weighted by Gasteiger charge is -2.31. The van der Waals surface area contributed by atoms with Gasteiger partial charge in [-0.15, -0.1) is 0 Å². The molecule has 17 heavy (non-hydrogen) atoms. The van der Waals surface area contributed by atoms with Crippen LogP contribution in [0.3, 0.4) is 0 Å². The van der Waals surface area contributed by atoms with Crippen LogP contribution >= 0.6 is 0 Å². The molecule has 1 aliphatic heterocycles. The van der Waals surface area contributed by atoms with Crippen LogP contribution in [-0.4, -0.2) is 37.1 Å². The Morgan fingerprint density at radius 3 is 2.88 bits per heavy atom. The highest BCUT2D eigenvalue weighted by molar-refractivity contribution is 4.71. The first-order valence-electron chi connectivity index (χ1n) is 7.68. The summed E-state index contributed by atoms with van der Waals surface area (Å²) in [6, 6.07) is 0.698. The van der Waals surface area contributed by atoms with Gasteiger partial charge in [-0.2, -0.15) is 0 Å². The maximum Gasteiger partial charge on any atom is 0.0107 e. The van der Waals surface area contributed by atoms with Gasteiger partial charge in [0.1, 0.15) is 0 Å². The standard InChI is InChI=1S/C15H32N2/c1-4-5-6-9-15(3)16-10-12-17-11-7-8-14(2)13-17/h14-16H,4-13H2,1-3H3. The van der Waals surface area contributed by atoms with Crippen molar-refractivity contribution < 1.29 is 0 Å². The summed E-state index contributed by atoms with van der Waals surface area (Å²) in [4.78, 5) is 2.62. The summed E-state index contributed by atoms with van der Waals surface area (Å²) < 4.78 is 0. The third-order valence-electron chi connectivity index (χ3n) is 3.90. The molecule has 0 aromatic carbocycles. The monoisotopic (exact) mass is 240 g/mol. The molecular formula is C15H32N2. The fourth-order valence-electron chi connectivity index (χ4n) is 2.76. The summed E-state index contributed by atoms with van der Waals surface area (Å²) >= 11 is 0. The predicted molar refractivity (Wildman–Crippen MR) is 76.4 cm³/mol. The molecule has 0 radical (unpaired) electrons. The van der Waals surface area contributed by atoms with Gasteiger partial charge in [0, 0.05) is 25.7 Å². The van der Waals surface area contributed by atoms with Crippen molar-refractivity contribution in [3.8, 4) is 0 Å². The highest BCUT2D eigenvalue weighted by Gasteiger charge is 2.15. The second-order valence-electron chi connectivity index (χ2n) is 5.90. The number of unbranched alkanes of at least 4 members (excludes halogenated alkanes) is 2. The van der Waals surface area contributed by atoms with Crippen LogP contribution in [-0.2, 0) is 0 Å². The third-order valence-corrected chi connectivity index (χ3v) is 3.90. The van der Waals surface area contributed by atoms with E-state index in [1.54, 1.807) is 0 Å². The minimum Gasteiger partial charge on any atom is -0.313 e. The van der Waals surface area contributed by atoms with Gasteiger partial charge in [0.25, 0.3) is 0 Å². The Labute approximate surface area is 108 Å². The molecule has 0 aromatic rings. The Kier molecular flexibility index (Phi) is 7.87. The first-order chi connectivity index (χ1) is 8.22. The highest BCUT2D eigenvalue weighted by Crippen LogP contribution is 2.14. The van der Waals surface area contributed by atoms with Crippen molar-refractivity contribution in [2.75, 3.05) is 26.2 Å². The highest BCUT2D eigenvalue weighted by atomic mass is 15.1. The molecule has 0 bridgehead atoms. The molecule has 0 saturated carbocycles. The normalized spacial score (nSPS) is 23.8. The largest absolute Gasteiger partial charge is 0.313 e. The Bertz CT molecular complexity index is 182. The summed E-state index contributed by atoms with van der Waals surface area (Å²) in [5, 5.41) is 3.66. The van der Waals surface area contributed by atoms with Crippen molar-refractivity contribution in [2.24, 2.45) is 5.92 Å². The van der Waals surface area contributed by atoms with Crippen LogP contribution in [0.5, 0.6) is 0 Å². The fraction of sp³-hybridized carbons (Fsp3) is 1.00. The van der Waals surface area contributed by atoms with E-state index in [-0.39, 0.29) is 0 Å². The molecule has 1 fully saturated rings. The minimum atomic E-state index is 0.698.